The van der Waals surface area contributed by atoms with Crippen molar-refractivity contribution in [3.05, 3.63) is 29.8 Å². The number of carbonyl (C=O) groups is 2. The van der Waals surface area contributed by atoms with Gasteiger partial charge in [0, 0.05) is 25.2 Å². The number of likely N-dealkylation sites (tertiary alicyclic amines) is 1. The molecule has 138 valence electrons. The van der Waals surface area contributed by atoms with Crippen LogP contribution in [0.25, 0.3) is 0 Å². The van der Waals surface area contributed by atoms with Gasteiger partial charge >= 0.3 is 0 Å². The lowest BCUT2D eigenvalue weighted by Gasteiger charge is -2.22. The normalized spacial score (nSPS) is 20.6. The number of nitrogens with one attached hydrogen (secondary N) is 1. The van der Waals surface area contributed by atoms with E-state index in [1.165, 1.54) is 0 Å². The van der Waals surface area contributed by atoms with E-state index >= 15 is 0 Å². The smallest absolute Gasteiger partial charge is 0.227 e. The van der Waals surface area contributed by atoms with E-state index in [9.17, 15) is 9.59 Å². The Balaban J connectivity index is 1.88. The maximum Gasteiger partial charge on any atom is 0.227 e. The van der Waals surface area contributed by atoms with Crippen LogP contribution in [0, 0.1) is 10.8 Å². The van der Waals surface area contributed by atoms with Gasteiger partial charge in [-0.2, -0.15) is 0 Å². The molecule has 1 saturated heterocycles. The van der Waals surface area contributed by atoms with Gasteiger partial charge in [0.1, 0.15) is 0 Å². The first kappa shape index (κ1) is 19.4. The average molecular weight is 345 g/mol. The zero-order valence-electron chi connectivity index (χ0n) is 15.9. The van der Waals surface area contributed by atoms with Crippen molar-refractivity contribution >= 4 is 17.5 Å². The highest BCUT2D eigenvalue weighted by Crippen LogP contribution is 2.29. The Morgan fingerprint density at radius 2 is 1.88 bits per heavy atom. The minimum absolute atomic E-state index is 0.00876. The summed E-state index contributed by atoms with van der Waals surface area (Å²) in [5, 5.41) is 2.90. The monoisotopic (exact) mass is 345 g/mol. The van der Waals surface area contributed by atoms with E-state index in [0.29, 0.717) is 19.4 Å². The summed E-state index contributed by atoms with van der Waals surface area (Å²) >= 11 is 0. The highest BCUT2D eigenvalue weighted by molar-refractivity contribution is 5.91. The second kappa shape index (κ2) is 7.56. The summed E-state index contributed by atoms with van der Waals surface area (Å²) in [5.74, 6) is 0.149. The van der Waals surface area contributed by atoms with Crippen LogP contribution in [0.1, 0.15) is 46.1 Å². The number of nitrogens with two attached hydrogens (primary N) is 1. The van der Waals surface area contributed by atoms with Gasteiger partial charge in [-0.3, -0.25) is 9.59 Å². The summed E-state index contributed by atoms with van der Waals surface area (Å²) in [6, 6.07) is 7.53. The maximum absolute atomic E-state index is 12.5. The quantitative estimate of drug-likeness (QED) is 0.861. The number of rotatable bonds is 5. The molecule has 1 unspecified atom stereocenters. The molecule has 1 heterocycles. The number of carbonyl (C=O) groups excluding carboxylic acids is 2. The lowest BCUT2D eigenvalue weighted by Crippen LogP contribution is -2.35. The van der Waals surface area contributed by atoms with E-state index in [4.69, 9.17) is 5.73 Å². The van der Waals surface area contributed by atoms with Gasteiger partial charge in [0.15, 0.2) is 0 Å². The molecule has 0 aliphatic carbocycles. The average Bonchev–Trinajstić information content (AvgIpc) is 2.91. The lowest BCUT2D eigenvalue weighted by atomic mass is 9.90. The third-order valence-electron chi connectivity index (χ3n) is 4.69. The van der Waals surface area contributed by atoms with Crippen LogP contribution in [0.15, 0.2) is 24.3 Å². The summed E-state index contributed by atoms with van der Waals surface area (Å²) in [7, 11) is 0. The van der Waals surface area contributed by atoms with Crippen molar-refractivity contribution in [3.63, 3.8) is 0 Å². The number of anilines is 1. The molecule has 1 aromatic carbocycles. The standard InChI is InChI=1S/C20H31N3O2/c1-19(2,3)12-17(24)22-16-7-5-15(6-8-16)11-18(25)23-10-9-20(4,13-21)14-23/h5-8H,9-14,21H2,1-4H3,(H,22,24). The Hall–Kier alpha value is -1.88. The van der Waals surface area contributed by atoms with Gasteiger partial charge in [0.2, 0.25) is 11.8 Å². The number of hydrogen-bond donors (Lipinski definition) is 2. The third kappa shape index (κ3) is 5.85. The molecule has 0 radical (unpaired) electrons. The topological polar surface area (TPSA) is 75.4 Å². The van der Waals surface area contributed by atoms with Crippen molar-refractivity contribution in [2.45, 2.75) is 47.0 Å². The largest absolute Gasteiger partial charge is 0.342 e. The summed E-state index contributed by atoms with van der Waals surface area (Å²) in [6.45, 7) is 10.4. The Labute approximate surface area is 151 Å². The van der Waals surface area contributed by atoms with Crippen molar-refractivity contribution in [1.82, 2.24) is 4.90 Å². The fraction of sp³-hybridized carbons (Fsp3) is 0.600. The van der Waals surface area contributed by atoms with E-state index in [1.54, 1.807) is 0 Å². The molecule has 0 saturated carbocycles. The summed E-state index contributed by atoms with van der Waals surface area (Å²) < 4.78 is 0. The molecule has 1 aliphatic heterocycles. The molecule has 1 atom stereocenters. The number of nitrogens with zero attached hydrogens (tertiary/aromatic N) is 1. The summed E-state index contributed by atoms with van der Waals surface area (Å²) in [4.78, 5) is 26.3. The first-order valence-electron chi connectivity index (χ1n) is 8.97. The molecule has 5 nitrogen and oxygen atoms in total. The molecule has 25 heavy (non-hydrogen) atoms. The van der Waals surface area contributed by atoms with Gasteiger partial charge < -0.3 is 16.0 Å². The van der Waals surface area contributed by atoms with Gasteiger partial charge in [0.05, 0.1) is 6.42 Å². The molecule has 0 aromatic heterocycles. The fourth-order valence-electron chi connectivity index (χ4n) is 3.08. The first-order chi connectivity index (χ1) is 11.6. The fourth-order valence-corrected chi connectivity index (χ4v) is 3.08. The third-order valence-corrected chi connectivity index (χ3v) is 4.69. The van der Waals surface area contributed by atoms with Gasteiger partial charge in [-0.15, -0.1) is 0 Å². The molecule has 1 aliphatic rings. The van der Waals surface area contributed by atoms with Gasteiger partial charge in [0.25, 0.3) is 0 Å². The lowest BCUT2D eigenvalue weighted by molar-refractivity contribution is -0.129. The van der Waals surface area contributed by atoms with E-state index in [0.717, 1.165) is 30.8 Å². The Morgan fingerprint density at radius 3 is 2.40 bits per heavy atom. The molecule has 0 bridgehead atoms. The van der Waals surface area contributed by atoms with Crippen molar-refractivity contribution in [2.75, 3.05) is 25.0 Å². The highest BCUT2D eigenvalue weighted by Gasteiger charge is 2.34. The van der Waals surface area contributed by atoms with Crippen LogP contribution in [0.4, 0.5) is 5.69 Å². The van der Waals surface area contributed by atoms with Crippen molar-refractivity contribution in [2.24, 2.45) is 16.6 Å². The van der Waals surface area contributed by atoms with Crippen molar-refractivity contribution < 1.29 is 9.59 Å². The molecule has 5 heteroatoms. The molecule has 3 N–H and O–H groups in total. The van der Waals surface area contributed by atoms with Crippen LogP contribution in [0.2, 0.25) is 0 Å². The van der Waals surface area contributed by atoms with E-state index in [-0.39, 0.29) is 22.6 Å². The summed E-state index contributed by atoms with van der Waals surface area (Å²) in [5.41, 5.74) is 7.54. The Bertz CT molecular complexity index is 619. The number of hydrogen-bond acceptors (Lipinski definition) is 3. The minimum Gasteiger partial charge on any atom is -0.342 e. The van der Waals surface area contributed by atoms with Crippen LogP contribution in [0.5, 0.6) is 0 Å². The van der Waals surface area contributed by atoms with Crippen LogP contribution < -0.4 is 11.1 Å². The molecular weight excluding hydrogens is 314 g/mol. The van der Waals surface area contributed by atoms with E-state index < -0.39 is 0 Å². The van der Waals surface area contributed by atoms with Gasteiger partial charge in [-0.05, 0) is 41.5 Å². The molecule has 1 aromatic rings. The van der Waals surface area contributed by atoms with Crippen molar-refractivity contribution in [1.29, 1.82) is 0 Å². The SMILES string of the molecule is CC(C)(C)CC(=O)Nc1ccc(CC(=O)N2CCC(C)(CN)C2)cc1. The minimum atomic E-state index is -0.0375. The molecule has 2 amide bonds. The Kier molecular flexibility index (Phi) is 5.88. The molecule has 1 fully saturated rings. The van der Waals surface area contributed by atoms with Crippen LogP contribution >= 0.6 is 0 Å². The second-order valence-corrected chi connectivity index (χ2v) is 8.74. The first-order valence-corrected chi connectivity index (χ1v) is 8.97. The molecule has 2 rings (SSSR count). The van der Waals surface area contributed by atoms with Gasteiger partial charge in [-0.25, -0.2) is 0 Å². The maximum atomic E-state index is 12.5. The van der Waals surface area contributed by atoms with Crippen LogP contribution in [-0.4, -0.2) is 36.3 Å². The van der Waals surface area contributed by atoms with E-state index in [2.05, 4.69) is 12.2 Å². The second-order valence-electron chi connectivity index (χ2n) is 8.74. The molecular formula is C20H31N3O2. The molecule has 0 spiro atoms. The number of benzene rings is 1. The van der Waals surface area contributed by atoms with E-state index in [1.807, 2.05) is 49.9 Å². The van der Waals surface area contributed by atoms with Crippen LogP contribution in [-0.2, 0) is 16.0 Å². The highest BCUT2D eigenvalue weighted by atomic mass is 16.2. The Morgan fingerprint density at radius 1 is 1.24 bits per heavy atom. The zero-order chi connectivity index (χ0) is 18.7. The number of amides is 2. The summed E-state index contributed by atoms with van der Waals surface area (Å²) in [6.07, 6.45) is 1.83. The van der Waals surface area contributed by atoms with Crippen molar-refractivity contribution in [3.8, 4) is 0 Å². The zero-order valence-corrected chi connectivity index (χ0v) is 15.9. The van der Waals surface area contributed by atoms with Crippen LogP contribution in [0.3, 0.4) is 0 Å². The predicted molar refractivity (Wildman–Crippen MR) is 101 cm³/mol. The van der Waals surface area contributed by atoms with Gasteiger partial charge in [-0.1, -0.05) is 39.8 Å². The predicted octanol–water partition coefficient (Wildman–Crippen LogP) is 2.80.